The van der Waals surface area contributed by atoms with Gasteiger partial charge in [0.15, 0.2) is 5.78 Å². The summed E-state index contributed by atoms with van der Waals surface area (Å²) < 4.78 is 57.7. The topological polar surface area (TPSA) is 26.3 Å². The molecule has 2 fully saturated rings. The fourth-order valence-electron chi connectivity index (χ4n) is 3.23. The molecule has 0 amide bonds. The highest BCUT2D eigenvalue weighted by molar-refractivity contribution is 5.98. The van der Waals surface area contributed by atoms with Crippen LogP contribution in [0, 0.1) is 11.7 Å². The summed E-state index contributed by atoms with van der Waals surface area (Å²) in [7, 11) is 0. The lowest BCUT2D eigenvalue weighted by atomic mass is 9.87. The van der Waals surface area contributed by atoms with Crippen LogP contribution in [0.2, 0.25) is 0 Å². The van der Waals surface area contributed by atoms with Gasteiger partial charge in [0.05, 0.1) is 23.3 Å². The van der Waals surface area contributed by atoms with Crippen molar-refractivity contribution in [3.63, 3.8) is 0 Å². The number of halogens is 4. The fraction of sp³-hybridized carbons (Fsp3) is 0.533. The fourth-order valence-corrected chi connectivity index (χ4v) is 3.23. The van der Waals surface area contributed by atoms with Crippen molar-refractivity contribution in [2.24, 2.45) is 5.92 Å². The molecule has 2 unspecified atom stereocenters. The molecule has 2 atom stereocenters. The van der Waals surface area contributed by atoms with Crippen molar-refractivity contribution < 1.29 is 27.1 Å². The molecular weight excluding hydrogens is 288 g/mol. The van der Waals surface area contributed by atoms with E-state index in [1.165, 1.54) is 0 Å². The zero-order valence-electron chi connectivity index (χ0n) is 11.1. The molecule has 1 aromatic carbocycles. The first-order valence-electron chi connectivity index (χ1n) is 6.91. The Kier molecular flexibility index (Phi) is 3.51. The van der Waals surface area contributed by atoms with E-state index in [1.54, 1.807) is 0 Å². The molecule has 0 aliphatic carbocycles. The third kappa shape index (κ3) is 2.69. The van der Waals surface area contributed by atoms with Crippen LogP contribution in [-0.2, 0) is 10.9 Å². The molecule has 2 nitrogen and oxygen atoms in total. The lowest BCUT2D eigenvalue weighted by molar-refractivity contribution is -0.140. The van der Waals surface area contributed by atoms with Crippen molar-refractivity contribution in [3.8, 4) is 0 Å². The van der Waals surface area contributed by atoms with E-state index in [0.29, 0.717) is 18.9 Å². The minimum absolute atomic E-state index is 0.0217. The van der Waals surface area contributed by atoms with Crippen molar-refractivity contribution >= 4 is 5.78 Å². The summed E-state index contributed by atoms with van der Waals surface area (Å²) in [5.74, 6) is -2.46. The molecule has 2 heterocycles. The summed E-state index contributed by atoms with van der Waals surface area (Å²) in [5, 5.41) is 0. The summed E-state index contributed by atoms with van der Waals surface area (Å²) in [6, 6.07) is 2.86. The van der Waals surface area contributed by atoms with E-state index in [2.05, 4.69) is 0 Å². The molecule has 114 valence electrons. The number of rotatable bonds is 2. The lowest BCUT2D eigenvalue weighted by Gasteiger charge is -2.27. The van der Waals surface area contributed by atoms with Crippen molar-refractivity contribution in [1.29, 1.82) is 0 Å². The molecule has 0 radical (unpaired) electrons. The van der Waals surface area contributed by atoms with Gasteiger partial charge in [-0.25, -0.2) is 4.39 Å². The third-order valence-corrected chi connectivity index (χ3v) is 4.23. The van der Waals surface area contributed by atoms with Crippen LogP contribution in [0.4, 0.5) is 17.6 Å². The molecular formula is C15H14F4O2. The van der Waals surface area contributed by atoms with Crippen LogP contribution in [0.15, 0.2) is 18.2 Å². The number of hydrogen-bond donors (Lipinski definition) is 0. The molecule has 6 heteroatoms. The molecule has 2 bridgehead atoms. The van der Waals surface area contributed by atoms with Crippen LogP contribution >= 0.6 is 0 Å². The maximum Gasteiger partial charge on any atom is 0.419 e. The van der Waals surface area contributed by atoms with E-state index in [0.717, 1.165) is 25.0 Å². The Bertz CT molecular complexity index is 555. The molecule has 0 aromatic heterocycles. The Balaban J connectivity index is 1.88. The average molecular weight is 302 g/mol. The molecule has 21 heavy (non-hydrogen) atoms. The lowest BCUT2D eigenvalue weighted by Crippen LogP contribution is -2.30. The van der Waals surface area contributed by atoms with Gasteiger partial charge in [-0.1, -0.05) is 6.07 Å². The van der Waals surface area contributed by atoms with E-state index in [-0.39, 0.29) is 12.2 Å². The standard InChI is InChI=1S/C15H14F4O2/c16-13-11(2-1-3-12(13)15(17,18)19)14(20)8-6-9-4-5-10(7-8)21-9/h1-3,8-10H,4-7H2. The monoisotopic (exact) mass is 302 g/mol. The first-order chi connectivity index (χ1) is 9.86. The van der Waals surface area contributed by atoms with Gasteiger partial charge < -0.3 is 4.74 Å². The molecule has 2 aliphatic rings. The van der Waals surface area contributed by atoms with Crippen molar-refractivity contribution in [3.05, 3.63) is 35.1 Å². The number of benzene rings is 1. The zero-order valence-corrected chi connectivity index (χ0v) is 11.1. The van der Waals surface area contributed by atoms with Gasteiger partial charge in [-0.3, -0.25) is 4.79 Å². The number of carbonyl (C=O) groups excluding carboxylic acids is 1. The number of alkyl halides is 3. The second-order valence-electron chi connectivity index (χ2n) is 5.65. The minimum atomic E-state index is -4.80. The summed E-state index contributed by atoms with van der Waals surface area (Å²) in [6.45, 7) is 0. The molecule has 0 N–H and O–H groups in total. The maximum atomic E-state index is 14.0. The van der Waals surface area contributed by atoms with Gasteiger partial charge >= 0.3 is 6.18 Å². The van der Waals surface area contributed by atoms with Crippen LogP contribution in [0.3, 0.4) is 0 Å². The first-order valence-corrected chi connectivity index (χ1v) is 6.91. The predicted molar refractivity (Wildman–Crippen MR) is 66.4 cm³/mol. The molecule has 2 saturated heterocycles. The highest BCUT2D eigenvalue weighted by atomic mass is 19.4. The van der Waals surface area contributed by atoms with Crippen LogP contribution in [0.1, 0.15) is 41.6 Å². The molecule has 1 aromatic rings. The van der Waals surface area contributed by atoms with Crippen LogP contribution in [0.5, 0.6) is 0 Å². The van der Waals surface area contributed by atoms with Gasteiger partial charge in [0, 0.05) is 5.92 Å². The molecule has 3 rings (SSSR count). The highest BCUT2D eigenvalue weighted by Crippen LogP contribution is 2.38. The van der Waals surface area contributed by atoms with E-state index in [4.69, 9.17) is 4.74 Å². The SMILES string of the molecule is O=C(c1cccc(C(F)(F)F)c1F)C1CC2CCC(C1)O2. The number of fused-ring (bicyclic) bond motifs is 2. The second-order valence-corrected chi connectivity index (χ2v) is 5.65. The number of ether oxygens (including phenoxy) is 1. The zero-order chi connectivity index (χ0) is 15.2. The quantitative estimate of drug-likeness (QED) is 0.610. The van der Waals surface area contributed by atoms with Gasteiger partial charge in [-0.15, -0.1) is 0 Å². The van der Waals surface area contributed by atoms with Gasteiger partial charge in [-0.05, 0) is 37.8 Å². The Hall–Kier alpha value is -1.43. The van der Waals surface area contributed by atoms with Crippen molar-refractivity contribution in [1.82, 2.24) is 0 Å². The van der Waals surface area contributed by atoms with Gasteiger partial charge in [0.2, 0.25) is 0 Å². The van der Waals surface area contributed by atoms with Gasteiger partial charge in [-0.2, -0.15) is 13.2 Å². The number of hydrogen-bond acceptors (Lipinski definition) is 2. The van der Waals surface area contributed by atoms with E-state index < -0.39 is 34.8 Å². The number of carbonyl (C=O) groups is 1. The summed E-state index contributed by atoms with van der Waals surface area (Å²) in [4.78, 5) is 12.4. The largest absolute Gasteiger partial charge is 0.419 e. The smallest absolute Gasteiger partial charge is 0.375 e. The van der Waals surface area contributed by atoms with Gasteiger partial charge in [0.1, 0.15) is 5.82 Å². The summed E-state index contributed by atoms with van der Waals surface area (Å²) in [6.07, 6.45) is -2.19. The van der Waals surface area contributed by atoms with Crippen LogP contribution in [0.25, 0.3) is 0 Å². The maximum absolute atomic E-state index is 14.0. The molecule has 0 saturated carbocycles. The number of Topliss-reactive ketones (excluding diaryl/α,β-unsaturated/α-hetero) is 1. The van der Waals surface area contributed by atoms with Crippen LogP contribution < -0.4 is 0 Å². The van der Waals surface area contributed by atoms with E-state index >= 15 is 0 Å². The Morgan fingerprint density at radius 3 is 2.33 bits per heavy atom. The molecule has 2 aliphatic heterocycles. The first kappa shape index (κ1) is 14.5. The predicted octanol–water partition coefficient (Wildman–Crippen LogP) is 3.98. The average Bonchev–Trinajstić information content (AvgIpc) is 2.75. The summed E-state index contributed by atoms with van der Waals surface area (Å²) >= 11 is 0. The molecule has 0 spiro atoms. The number of ketones is 1. The van der Waals surface area contributed by atoms with Gasteiger partial charge in [0.25, 0.3) is 0 Å². The highest BCUT2D eigenvalue weighted by Gasteiger charge is 2.40. The van der Waals surface area contributed by atoms with Crippen LogP contribution in [-0.4, -0.2) is 18.0 Å². The Morgan fingerprint density at radius 2 is 1.76 bits per heavy atom. The van der Waals surface area contributed by atoms with E-state index in [1.807, 2.05) is 0 Å². The Labute approximate surface area is 119 Å². The minimum Gasteiger partial charge on any atom is -0.375 e. The summed E-state index contributed by atoms with van der Waals surface area (Å²) in [5.41, 5.74) is -1.85. The normalized spacial score (nSPS) is 28.7. The Morgan fingerprint density at radius 1 is 1.14 bits per heavy atom. The third-order valence-electron chi connectivity index (χ3n) is 4.23. The van der Waals surface area contributed by atoms with E-state index in [9.17, 15) is 22.4 Å². The van der Waals surface area contributed by atoms with Crippen molar-refractivity contribution in [2.75, 3.05) is 0 Å². The second kappa shape index (κ2) is 5.09. The van der Waals surface area contributed by atoms with Crippen molar-refractivity contribution in [2.45, 2.75) is 44.1 Å².